The van der Waals surface area contributed by atoms with Gasteiger partial charge in [0.25, 0.3) is 0 Å². The molecule has 0 spiro atoms. The molecule has 0 aliphatic heterocycles. The summed E-state index contributed by atoms with van der Waals surface area (Å²) in [6, 6.07) is 3.78. The van der Waals surface area contributed by atoms with E-state index >= 15 is 0 Å². The Labute approximate surface area is 114 Å². The number of aromatic nitrogens is 1. The predicted octanol–water partition coefficient (Wildman–Crippen LogP) is 2.05. The average Bonchev–Trinajstić information content (AvgIpc) is 2.37. The van der Waals surface area contributed by atoms with Gasteiger partial charge in [-0.1, -0.05) is 32.7 Å². The van der Waals surface area contributed by atoms with Gasteiger partial charge < -0.3 is 4.74 Å². The zero-order valence-corrected chi connectivity index (χ0v) is 11.7. The normalized spacial score (nSPS) is 10.7. The molecule has 0 saturated carbocycles. The number of Topliss-reactive ketones (excluding diaryl/α,β-unsaturated/α-hetero) is 1. The van der Waals surface area contributed by atoms with E-state index < -0.39 is 0 Å². The third-order valence-corrected chi connectivity index (χ3v) is 2.79. The van der Waals surface area contributed by atoms with Crippen LogP contribution in [0.3, 0.4) is 0 Å². The van der Waals surface area contributed by atoms with Gasteiger partial charge in [-0.2, -0.15) is 0 Å². The number of ketones is 1. The average molecular weight is 268 g/mol. The van der Waals surface area contributed by atoms with Gasteiger partial charge in [0.2, 0.25) is 5.88 Å². The number of nitrogens with zero attached hydrogens (tertiary/aromatic N) is 1. The number of aryl methyl sites for hydroxylation is 1. The first-order valence-corrected chi connectivity index (χ1v) is 6.55. The van der Waals surface area contributed by atoms with Gasteiger partial charge >= 0.3 is 0 Å². The van der Waals surface area contributed by atoms with E-state index in [0.717, 1.165) is 12.0 Å². The first-order chi connectivity index (χ1) is 8.63. The van der Waals surface area contributed by atoms with E-state index in [9.17, 15) is 4.79 Å². The van der Waals surface area contributed by atoms with Crippen molar-refractivity contribution in [2.45, 2.75) is 26.7 Å². The van der Waals surface area contributed by atoms with Crippen LogP contribution in [0.15, 0.2) is 18.3 Å². The lowest BCUT2D eigenvalue weighted by molar-refractivity contribution is -0.121. The van der Waals surface area contributed by atoms with Crippen molar-refractivity contribution in [1.29, 1.82) is 0 Å². The summed E-state index contributed by atoms with van der Waals surface area (Å²) in [7, 11) is 0. The van der Waals surface area contributed by atoms with Crippen LogP contribution in [-0.2, 0) is 11.2 Å². The number of hydrogen-bond donors (Lipinski definition) is 2. The standard InChI is InChI=1S/C13H20N2O2S/c1-10(2)12(16)5-3-11-4-6-13(14-9-11)17-8-7-15-18/h4,6,9-10,15,18H,3,5,7-8H2,1-2H3. The van der Waals surface area contributed by atoms with Crippen molar-refractivity contribution in [3.8, 4) is 5.88 Å². The van der Waals surface area contributed by atoms with Crippen LogP contribution < -0.4 is 9.46 Å². The Morgan fingerprint density at radius 3 is 2.83 bits per heavy atom. The van der Waals surface area contributed by atoms with Crippen molar-refractivity contribution in [2.24, 2.45) is 5.92 Å². The molecule has 0 fully saturated rings. The predicted molar refractivity (Wildman–Crippen MR) is 74.9 cm³/mol. The highest BCUT2D eigenvalue weighted by Gasteiger charge is 2.07. The fourth-order valence-corrected chi connectivity index (χ4v) is 1.49. The Kier molecular flexibility index (Phi) is 6.75. The summed E-state index contributed by atoms with van der Waals surface area (Å²) in [4.78, 5) is 15.7. The summed E-state index contributed by atoms with van der Waals surface area (Å²) in [6.07, 6.45) is 3.07. The molecule has 0 radical (unpaired) electrons. The van der Waals surface area contributed by atoms with E-state index in [1.54, 1.807) is 6.20 Å². The lowest BCUT2D eigenvalue weighted by Crippen LogP contribution is -2.12. The zero-order chi connectivity index (χ0) is 13.4. The third kappa shape index (κ3) is 5.51. The minimum absolute atomic E-state index is 0.106. The van der Waals surface area contributed by atoms with E-state index in [2.05, 4.69) is 22.5 Å². The number of nitrogens with one attached hydrogen (secondary N) is 1. The highest BCUT2D eigenvalue weighted by atomic mass is 32.1. The quantitative estimate of drug-likeness (QED) is 0.560. The van der Waals surface area contributed by atoms with Gasteiger partial charge in [-0.3, -0.25) is 9.52 Å². The van der Waals surface area contributed by atoms with Crippen LogP contribution >= 0.6 is 12.8 Å². The summed E-state index contributed by atoms with van der Waals surface area (Å²) >= 11 is 3.86. The molecular weight excluding hydrogens is 248 g/mol. The van der Waals surface area contributed by atoms with Crippen molar-refractivity contribution in [2.75, 3.05) is 13.2 Å². The number of carbonyl (C=O) groups excluding carboxylic acids is 1. The molecule has 0 aliphatic rings. The number of thiol groups is 1. The molecule has 18 heavy (non-hydrogen) atoms. The second-order valence-corrected chi connectivity index (χ2v) is 4.70. The van der Waals surface area contributed by atoms with Crippen molar-refractivity contribution < 1.29 is 9.53 Å². The largest absolute Gasteiger partial charge is 0.476 e. The molecule has 4 nitrogen and oxygen atoms in total. The van der Waals surface area contributed by atoms with Crippen LogP contribution in [0.1, 0.15) is 25.8 Å². The lowest BCUT2D eigenvalue weighted by Gasteiger charge is -2.06. The Bertz CT molecular complexity index is 366. The number of carbonyl (C=O) groups is 1. The molecule has 1 rings (SSSR count). The van der Waals surface area contributed by atoms with Gasteiger partial charge in [-0.05, 0) is 12.0 Å². The second-order valence-electron chi connectivity index (χ2n) is 4.38. The van der Waals surface area contributed by atoms with Crippen LogP contribution in [-0.4, -0.2) is 23.9 Å². The summed E-state index contributed by atoms with van der Waals surface area (Å²) in [5.74, 6) is 0.988. The molecule has 1 aromatic rings. The minimum Gasteiger partial charge on any atom is -0.476 e. The number of pyridine rings is 1. The van der Waals surface area contributed by atoms with E-state index in [-0.39, 0.29) is 11.7 Å². The fourth-order valence-electron chi connectivity index (χ4n) is 1.40. The molecule has 5 heteroatoms. The Balaban J connectivity index is 2.38. The molecular formula is C13H20N2O2S. The van der Waals surface area contributed by atoms with Crippen LogP contribution in [0, 0.1) is 5.92 Å². The zero-order valence-electron chi connectivity index (χ0n) is 10.8. The maximum atomic E-state index is 11.5. The maximum Gasteiger partial charge on any atom is 0.213 e. The molecule has 0 amide bonds. The molecule has 1 aromatic heterocycles. The molecule has 0 saturated heterocycles. The fraction of sp³-hybridized carbons (Fsp3) is 0.538. The topological polar surface area (TPSA) is 51.2 Å². The van der Waals surface area contributed by atoms with Gasteiger partial charge in [-0.25, -0.2) is 4.98 Å². The Morgan fingerprint density at radius 1 is 1.50 bits per heavy atom. The highest BCUT2D eigenvalue weighted by Crippen LogP contribution is 2.10. The lowest BCUT2D eigenvalue weighted by atomic mass is 10.0. The van der Waals surface area contributed by atoms with Crippen LogP contribution in [0.5, 0.6) is 5.88 Å². The first-order valence-electron chi connectivity index (χ1n) is 6.11. The first kappa shape index (κ1) is 15.0. The van der Waals surface area contributed by atoms with Crippen LogP contribution in [0.4, 0.5) is 0 Å². The van der Waals surface area contributed by atoms with E-state index in [1.807, 2.05) is 26.0 Å². The third-order valence-electron chi connectivity index (χ3n) is 2.57. The number of rotatable bonds is 8. The Hall–Kier alpha value is -1.07. The monoisotopic (exact) mass is 268 g/mol. The van der Waals surface area contributed by atoms with Gasteiger partial charge in [0, 0.05) is 31.1 Å². The van der Waals surface area contributed by atoms with Gasteiger partial charge in [0.15, 0.2) is 0 Å². The molecule has 0 atom stereocenters. The second kappa shape index (κ2) is 8.11. The van der Waals surface area contributed by atoms with Crippen molar-refractivity contribution in [3.63, 3.8) is 0 Å². The molecule has 0 bridgehead atoms. The van der Waals surface area contributed by atoms with Gasteiger partial charge in [0.05, 0.1) is 0 Å². The number of ether oxygens (including phenoxy) is 1. The van der Waals surface area contributed by atoms with Crippen LogP contribution in [0.2, 0.25) is 0 Å². The molecule has 0 aliphatic carbocycles. The molecule has 0 unspecified atom stereocenters. The van der Waals surface area contributed by atoms with E-state index in [1.165, 1.54) is 0 Å². The van der Waals surface area contributed by atoms with Crippen molar-refractivity contribution in [3.05, 3.63) is 23.9 Å². The molecule has 1 heterocycles. The molecule has 100 valence electrons. The van der Waals surface area contributed by atoms with E-state index in [0.29, 0.717) is 25.5 Å². The number of hydrogen-bond acceptors (Lipinski definition) is 5. The Morgan fingerprint density at radius 2 is 2.28 bits per heavy atom. The van der Waals surface area contributed by atoms with Crippen molar-refractivity contribution in [1.82, 2.24) is 9.71 Å². The summed E-state index contributed by atoms with van der Waals surface area (Å²) < 4.78 is 8.07. The van der Waals surface area contributed by atoms with Crippen molar-refractivity contribution >= 4 is 18.6 Å². The summed E-state index contributed by atoms with van der Waals surface area (Å²) in [5, 5.41) is 0. The van der Waals surface area contributed by atoms with E-state index in [4.69, 9.17) is 4.74 Å². The smallest absolute Gasteiger partial charge is 0.213 e. The minimum atomic E-state index is 0.106. The highest BCUT2D eigenvalue weighted by molar-refractivity contribution is 7.78. The molecule has 0 aromatic carbocycles. The maximum absolute atomic E-state index is 11.5. The molecule has 1 N–H and O–H groups in total. The summed E-state index contributed by atoms with van der Waals surface area (Å²) in [6.45, 7) is 5.04. The van der Waals surface area contributed by atoms with Crippen LogP contribution in [0.25, 0.3) is 0 Å². The van der Waals surface area contributed by atoms with Gasteiger partial charge in [-0.15, -0.1) is 0 Å². The summed E-state index contributed by atoms with van der Waals surface area (Å²) in [5.41, 5.74) is 1.06. The van der Waals surface area contributed by atoms with Gasteiger partial charge in [0.1, 0.15) is 12.4 Å². The SMILES string of the molecule is CC(C)C(=O)CCc1ccc(OCCNS)nc1.